The van der Waals surface area contributed by atoms with Crippen LogP contribution in [0, 0.1) is 12.3 Å². The van der Waals surface area contributed by atoms with E-state index in [0.29, 0.717) is 30.9 Å². The second-order valence-electron chi connectivity index (χ2n) is 3.84. The van der Waals surface area contributed by atoms with E-state index < -0.39 is 10.0 Å². The van der Waals surface area contributed by atoms with E-state index in [-0.39, 0.29) is 11.4 Å². The summed E-state index contributed by atoms with van der Waals surface area (Å²) >= 11 is 0. The van der Waals surface area contributed by atoms with Gasteiger partial charge in [-0.3, -0.25) is 0 Å². The number of terminal acetylenes is 1. The van der Waals surface area contributed by atoms with Gasteiger partial charge in [-0.05, 0) is 31.5 Å². The highest BCUT2D eigenvalue weighted by Crippen LogP contribution is 2.26. The molecule has 1 aromatic carbocycles. The highest BCUT2D eigenvalue weighted by molar-refractivity contribution is 7.89. The molecule has 3 N–H and O–H groups in total. The van der Waals surface area contributed by atoms with Crippen molar-refractivity contribution in [2.24, 2.45) is 0 Å². The lowest BCUT2D eigenvalue weighted by molar-refractivity contribution is 0.331. The third-order valence-corrected chi connectivity index (χ3v) is 3.83. The molecule has 0 amide bonds. The van der Waals surface area contributed by atoms with Crippen LogP contribution in [-0.4, -0.2) is 21.6 Å². The van der Waals surface area contributed by atoms with Crippen molar-refractivity contribution in [3.05, 3.63) is 18.2 Å². The second kappa shape index (κ2) is 7.02. The Morgan fingerprint density at radius 3 is 2.84 bits per heavy atom. The average Bonchev–Trinajstić information content (AvgIpc) is 2.37. The predicted molar refractivity (Wildman–Crippen MR) is 75.3 cm³/mol. The van der Waals surface area contributed by atoms with E-state index in [1.165, 1.54) is 6.07 Å². The minimum atomic E-state index is -3.64. The summed E-state index contributed by atoms with van der Waals surface area (Å²) in [5.41, 5.74) is 5.99. The van der Waals surface area contributed by atoms with E-state index in [4.69, 9.17) is 16.9 Å². The molecule has 0 heterocycles. The van der Waals surface area contributed by atoms with Crippen LogP contribution in [0.5, 0.6) is 5.75 Å². The number of hydrogen-bond donors (Lipinski definition) is 2. The van der Waals surface area contributed by atoms with Crippen molar-refractivity contribution in [3.8, 4) is 18.1 Å². The van der Waals surface area contributed by atoms with Gasteiger partial charge in [-0.15, -0.1) is 12.3 Å². The van der Waals surface area contributed by atoms with E-state index in [1.807, 2.05) is 0 Å². The maximum atomic E-state index is 12.1. The number of rotatable bonds is 7. The Balaban J connectivity index is 2.93. The van der Waals surface area contributed by atoms with Gasteiger partial charge in [0.25, 0.3) is 0 Å². The third-order valence-electron chi connectivity index (χ3n) is 2.35. The zero-order chi connectivity index (χ0) is 14.3. The van der Waals surface area contributed by atoms with Crippen LogP contribution >= 0.6 is 0 Å². The smallest absolute Gasteiger partial charge is 0.244 e. The van der Waals surface area contributed by atoms with E-state index in [0.717, 1.165) is 0 Å². The first-order valence-electron chi connectivity index (χ1n) is 5.96. The number of ether oxygens (including phenoxy) is 1. The van der Waals surface area contributed by atoms with Crippen LogP contribution in [0.2, 0.25) is 0 Å². The second-order valence-corrected chi connectivity index (χ2v) is 5.58. The normalized spacial score (nSPS) is 10.9. The number of unbranched alkanes of at least 4 members (excludes halogenated alkanes) is 1. The molecule has 104 valence electrons. The Bertz CT molecular complexity index is 562. The van der Waals surface area contributed by atoms with Gasteiger partial charge >= 0.3 is 0 Å². The number of nitrogens with two attached hydrogens (primary N) is 1. The highest BCUT2D eigenvalue weighted by atomic mass is 32.2. The Morgan fingerprint density at radius 1 is 1.47 bits per heavy atom. The highest BCUT2D eigenvalue weighted by Gasteiger charge is 2.19. The lowest BCUT2D eigenvalue weighted by atomic mass is 10.3. The van der Waals surface area contributed by atoms with Crippen molar-refractivity contribution in [2.45, 2.75) is 24.7 Å². The van der Waals surface area contributed by atoms with Gasteiger partial charge in [0, 0.05) is 18.7 Å². The molecule has 0 saturated carbocycles. The minimum Gasteiger partial charge on any atom is -0.492 e. The first-order valence-corrected chi connectivity index (χ1v) is 7.45. The van der Waals surface area contributed by atoms with Crippen LogP contribution < -0.4 is 15.2 Å². The fourth-order valence-corrected chi connectivity index (χ4v) is 2.74. The van der Waals surface area contributed by atoms with Gasteiger partial charge in [0.15, 0.2) is 0 Å². The zero-order valence-corrected chi connectivity index (χ0v) is 11.7. The number of nitrogens with one attached hydrogen (secondary N) is 1. The molecule has 1 aromatic rings. The minimum absolute atomic E-state index is 0.0510. The lowest BCUT2D eigenvalue weighted by Crippen LogP contribution is -2.25. The number of hydrogen-bond acceptors (Lipinski definition) is 4. The Morgan fingerprint density at radius 2 is 2.21 bits per heavy atom. The van der Waals surface area contributed by atoms with Crippen molar-refractivity contribution < 1.29 is 13.2 Å². The summed E-state index contributed by atoms with van der Waals surface area (Å²) in [6.45, 7) is 2.45. The van der Waals surface area contributed by atoms with Crippen LogP contribution in [-0.2, 0) is 10.0 Å². The van der Waals surface area contributed by atoms with Gasteiger partial charge in [-0.25, -0.2) is 13.1 Å². The summed E-state index contributed by atoms with van der Waals surface area (Å²) < 4.78 is 32.1. The summed E-state index contributed by atoms with van der Waals surface area (Å²) in [6, 6.07) is 4.53. The monoisotopic (exact) mass is 282 g/mol. The van der Waals surface area contributed by atoms with Gasteiger partial charge in [0.1, 0.15) is 10.6 Å². The molecule has 0 aliphatic heterocycles. The van der Waals surface area contributed by atoms with Crippen LogP contribution in [0.1, 0.15) is 19.8 Å². The molecule has 0 spiro atoms. The molecule has 6 heteroatoms. The van der Waals surface area contributed by atoms with Crippen LogP contribution in [0.25, 0.3) is 0 Å². The van der Waals surface area contributed by atoms with Gasteiger partial charge in [-0.2, -0.15) is 0 Å². The fraction of sp³-hybridized carbons (Fsp3) is 0.385. The third kappa shape index (κ3) is 4.47. The molecule has 0 saturated heterocycles. The van der Waals surface area contributed by atoms with E-state index >= 15 is 0 Å². The molecular weight excluding hydrogens is 264 g/mol. The molecule has 5 nitrogen and oxygen atoms in total. The van der Waals surface area contributed by atoms with E-state index in [9.17, 15) is 8.42 Å². The van der Waals surface area contributed by atoms with Crippen molar-refractivity contribution >= 4 is 15.7 Å². The molecule has 0 aliphatic carbocycles. The average molecular weight is 282 g/mol. The van der Waals surface area contributed by atoms with E-state index in [2.05, 4.69) is 10.6 Å². The number of nitrogen functional groups attached to an aromatic ring is 1. The standard InChI is InChI=1S/C13H18N2O3S/c1-3-5-6-9-15-19(16,17)13-10-11(14)7-8-12(13)18-4-2/h1,7-8,10,15H,4-6,9,14H2,2H3. The van der Waals surface area contributed by atoms with Crippen LogP contribution in [0.3, 0.4) is 0 Å². The number of benzene rings is 1. The Labute approximate surface area is 114 Å². The van der Waals surface area contributed by atoms with Crippen molar-refractivity contribution in [1.29, 1.82) is 0 Å². The first-order chi connectivity index (χ1) is 9.01. The van der Waals surface area contributed by atoms with Gasteiger partial charge in [-0.1, -0.05) is 0 Å². The van der Waals surface area contributed by atoms with Crippen molar-refractivity contribution in [2.75, 3.05) is 18.9 Å². The molecule has 0 aromatic heterocycles. The molecular formula is C13H18N2O3S. The maximum Gasteiger partial charge on any atom is 0.244 e. The molecule has 0 fully saturated rings. The van der Waals surface area contributed by atoms with E-state index in [1.54, 1.807) is 19.1 Å². The maximum absolute atomic E-state index is 12.1. The lowest BCUT2D eigenvalue weighted by Gasteiger charge is -2.12. The molecule has 0 unspecified atom stereocenters. The summed E-state index contributed by atoms with van der Waals surface area (Å²) in [5.74, 6) is 2.75. The fourth-order valence-electron chi connectivity index (χ4n) is 1.48. The number of anilines is 1. The quantitative estimate of drug-likeness (QED) is 0.449. The first kappa shape index (κ1) is 15.3. The van der Waals surface area contributed by atoms with Crippen molar-refractivity contribution in [1.82, 2.24) is 4.72 Å². The van der Waals surface area contributed by atoms with Gasteiger partial charge in [0.05, 0.1) is 6.61 Å². The molecule has 0 radical (unpaired) electrons. The Hall–Kier alpha value is -1.71. The molecule has 0 aliphatic rings. The van der Waals surface area contributed by atoms with Crippen molar-refractivity contribution in [3.63, 3.8) is 0 Å². The predicted octanol–water partition coefficient (Wildman–Crippen LogP) is 1.36. The summed E-state index contributed by atoms with van der Waals surface area (Å²) in [6.07, 6.45) is 6.22. The van der Waals surface area contributed by atoms with Gasteiger partial charge in [0.2, 0.25) is 10.0 Å². The molecule has 1 rings (SSSR count). The SMILES string of the molecule is C#CCCCNS(=O)(=O)c1cc(N)ccc1OCC. The van der Waals surface area contributed by atoms with Crippen LogP contribution in [0.15, 0.2) is 23.1 Å². The van der Waals surface area contributed by atoms with Crippen LogP contribution in [0.4, 0.5) is 5.69 Å². The summed E-state index contributed by atoms with van der Waals surface area (Å²) in [7, 11) is -3.64. The zero-order valence-electron chi connectivity index (χ0n) is 10.8. The van der Waals surface area contributed by atoms with Gasteiger partial charge < -0.3 is 10.5 Å². The largest absolute Gasteiger partial charge is 0.492 e. The molecule has 0 bridgehead atoms. The summed E-state index contributed by atoms with van der Waals surface area (Å²) in [4.78, 5) is 0.0510. The molecule has 0 atom stereocenters. The molecule has 19 heavy (non-hydrogen) atoms. The number of sulfonamides is 1. The summed E-state index contributed by atoms with van der Waals surface area (Å²) in [5, 5.41) is 0. The topological polar surface area (TPSA) is 81.4 Å². The Kier molecular flexibility index (Phi) is 5.67.